The molecule has 0 aromatic rings. The lowest BCUT2D eigenvalue weighted by atomic mass is 11.5. The Hall–Kier alpha value is 0.230. The van der Waals surface area contributed by atoms with Crippen LogP contribution in [-0.2, 0) is 4.94 Å². The van der Waals surface area contributed by atoms with Gasteiger partial charge in [0.05, 0.1) is 0 Å². The minimum absolute atomic E-state index is 1.69. The Bertz CT molecular complexity index is 30.9. The van der Waals surface area contributed by atoms with Crippen LogP contribution in [0.15, 0.2) is 0 Å². The molecule has 0 saturated carbocycles. The minimum atomic E-state index is 1.69. The zero-order chi connectivity index (χ0) is 5.54. The van der Waals surface area contributed by atoms with E-state index in [2.05, 4.69) is 36.1 Å². The molecule has 7 heavy (non-hydrogen) atoms. The van der Waals surface area contributed by atoms with Gasteiger partial charge in [-0.25, -0.2) is 10.6 Å². The predicted molar refractivity (Wildman–Crippen MR) is 29.3 cm³/mol. The summed E-state index contributed by atoms with van der Waals surface area (Å²) in [6.07, 6.45) is 0. The monoisotopic (exact) mass is 124 g/mol. The molecule has 44 valence electrons. The second kappa shape index (κ2) is 6.23. The van der Waals surface area contributed by atoms with Crippen molar-refractivity contribution in [2.24, 2.45) is 0 Å². The smallest absolute Gasteiger partial charge is 0.000779 e. The van der Waals surface area contributed by atoms with Crippen LogP contribution in [0.4, 0.5) is 0 Å². The Labute approximate surface area is 44.3 Å². The molecule has 0 rings (SSSR count). The first-order chi connectivity index (χ1) is 3.41. The highest BCUT2D eigenvalue weighted by Gasteiger charge is 1.70. The van der Waals surface area contributed by atoms with Crippen LogP contribution in [0, 0.1) is 0 Å². The van der Waals surface area contributed by atoms with E-state index in [1.807, 2.05) is 0 Å². The molecule has 0 spiro atoms. The normalized spacial score (nSPS) is 9.43. The van der Waals surface area contributed by atoms with Crippen LogP contribution in [0.2, 0.25) is 0 Å². The molecule has 0 aliphatic heterocycles. The molecule has 1 atom stereocenters. The molecule has 0 bridgehead atoms. The van der Waals surface area contributed by atoms with E-state index in [1.54, 1.807) is 7.05 Å². The average molecular weight is 124 g/mol. The molecule has 0 radical (unpaired) electrons. The van der Waals surface area contributed by atoms with Gasteiger partial charge in [0.2, 0.25) is 0 Å². The quantitative estimate of drug-likeness (QED) is 0.207. The van der Waals surface area contributed by atoms with Gasteiger partial charge in [-0.2, -0.15) is 4.94 Å². The molecule has 0 aromatic carbocycles. The summed E-state index contributed by atoms with van der Waals surface area (Å²) in [5.41, 5.74) is 7.12. The SMILES string of the molecule is CNNONNP. The van der Waals surface area contributed by atoms with Crippen LogP contribution >= 0.6 is 9.39 Å². The van der Waals surface area contributed by atoms with Gasteiger partial charge in [0.25, 0.3) is 0 Å². The van der Waals surface area contributed by atoms with E-state index in [4.69, 9.17) is 0 Å². The van der Waals surface area contributed by atoms with Gasteiger partial charge in [0.15, 0.2) is 0 Å². The molecule has 1 unspecified atom stereocenters. The van der Waals surface area contributed by atoms with E-state index < -0.39 is 0 Å². The fourth-order valence-corrected chi connectivity index (χ4v) is 0.165. The first-order valence-electron chi connectivity index (χ1n) is 1.70. The van der Waals surface area contributed by atoms with E-state index >= 15 is 0 Å². The first kappa shape index (κ1) is 7.23. The maximum absolute atomic E-state index is 4.39. The van der Waals surface area contributed by atoms with Crippen molar-refractivity contribution in [2.75, 3.05) is 7.05 Å². The summed E-state index contributed by atoms with van der Waals surface area (Å²) in [7, 11) is 3.88. The van der Waals surface area contributed by atoms with Gasteiger partial charge in [0.1, 0.15) is 0 Å². The van der Waals surface area contributed by atoms with Crippen molar-refractivity contribution in [3.05, 3.63) is 0 Å². The third-order valence-corrected chi connectivity index (χ3v) is 0.381. The van der Waals surface area contributed by atoms with Crippen LogP contribution in [0.3, 0.4) is 0 Å². The molecule has 0 fully saturated rings. The number of rotatable bonds is 4. The molecule has 0 amide bonds. The maximum Gasteiger partial charge on any atom is 0.000779 e. The third kappa shape index (κ3) is 6.23. The molecule has 5 nitrogen and oxygen atoms in total. The van der Waals surface area contributed by atoms with Crippen LogP contribution in [0.1, 0.15) is 0 Å². The minimum Gasteiger partial charge on any atom is -0.236 e. The van der Waals surface area contributed by atoms with Crippen molar-refractivity contribution in [2.45, 2.75) is 0 Å². The Morgan fingerprint density at radius 1 is 1.43 bits per heavy atom. The highest BCUT2D eigenvalue weighted by Crippen LogP contribution is 1.55. The van der Waals surface area contributed by atoms with Crippen molar-refractivity contribution >= 4 is 9.39 Å². The molecule has 0 aliphatic rings. The number of nitrogens with one attached hydrogen (secondary N) is 4. The van der Waals surface area contributed by atoms with E-state index in [-0.39, 0.29) is 0 Å². The largest absolute Gasteiger partial charge is 0.236 e. The van der Waals surface area contributed by atoms with Crippen molar-refractivity contribution in [1.29, 1.82) is 0 Å². The van der Waals surface area contributed by atoms with E-state index in [0.29, 0.717) is 0 Å². The van der Waals surface area contributed by atoms with E-state index in [0.717, 1.165) is 0 Å². The predicted octanol–water partition coefficient (Wildman–Crippen LogP) is -1.56. The molecule has 4 N–H and O–H groups in total. The van der Waals surface area contributed by atoms with Gasteiger partial charge < -0.3 is 0 Å². The first-order valence-corrected chi connectivity index (χ1v) is 2.27. The summed E-state index contributed by atoms with van der Waals surface area (Å²) in [5, 5.41) is 2.44. The summed E-state index contributed by atoms with van der Waals surface area (Å²) in [4.78, 5) is 4.39. The lowest BCUT2D eigenvalue weighted by molar-refractivity contribution is -0.0664. The number of hydrogen-bond donors (Lipinski definition) is 4. The summed E-state index contributed by atoms with van der Waals surface area (Å²) >= 11 is 0. The average Bonchev–Trinajstić information content (AvgIpc) is 1.69. The Morgan fingerprint density at radius 3 is 2.57 bits per heavy atom. The molecule has 6 heteroatoms. The van der Waals surface area contributed by atoms with Crippen LogP contribution in [0.5, 0.6) is 0 Å². The highest BCUT2D eigenvalue weighted by molar-refractivity contribution is 7.13. The van der Waals surface area contributed by atoms with E-state index in [9.17, 15) is 0 Å². The lowest BCUT2D eigenvalue weighted by Gasteiger charge is -2.00. The van der Waals surface area contributed by atoms with Crippen molar-refractivity contribution < 1.29 is 4.94 Å². The van der Waals surface area contributed by atoms with Crippen molar-refractivity contribution in [1.82, 2.24) is 21.8 Å². The third-order valence-electron chi connectivity index (χ3n) is 0.263. The number of hydrogen-bond acceptors (Lipinski definition) is 5. The summed E-state index contributed by atoms with van der Waals surface area (Å²) < 4.78 is 0. The van der Waals surface area contributed by atoms with Gasteiger partial charge in [-0.15, -0.1) is 11.2 Å². The van der Waals surface area contributed by atoms with Gasteiger partial charge in [-0.1, -0.05) is 0 Å². The standard InChI is InChI=1S/CH9N4OP/c1-2-3-6-4-5-7/h2-5H,7H2,1H3. The second-order valence-corrected chi connectivity index (χ2v) is 0.989. The second-order valence-electron chi connectivity index (χ2n) is 0.701. The molecule has 0 aromatic heterocycles. The molecule has 0 saturated heterocycles. The van der Waals surface area contributed by atoms with Gasteiger partial charge >= 0.3 is 0 Å². The zero-order valence-electron chi connectivity index (χ0n) is 3.99. The van der Waals surface area contributed by atoms with Crippen molar-refractivity contribution in [3.63, 3.8) is 0 Å². The Kier molecular flexibility index (Phi) is 6.43. The van der Waals surface area contributed by atoms with Gasteiger partial charge in [-0.3, -0.25) is 0 Å². The maximum atomic E-state index is 4.39. The molecular weight excluding hydrogens is 115 g/mol. The molecule has 0 heterocycles. The molecular formula is CH9N4OP. The summed E-state index contributed by atoms with van der Waals surface area (Å²) in [6, 6.07) is 0. The van der Waals surface area contributed by atoms with Crippen LogP contribution in [-0.4, -0.2) is 7.05 Å². The van der Waals surface area contributed by atoms with Crippen molar-refractivity contribution in [3.8, 4) is 0 Å². The summed E-state index contributed by atoms with van der Waals surface area (Å²) in [5.74, 6) is 0. The highest BCUT2D eigenvalue weighted by atomic mass is 31.0. The van der Waals surface area contributed by atoms with Gasteiger partial charge in [-0.05, 0) is 9.39 Å². The zero-order valence-corrected chi connectivity index (χ0v) is 5.14. The number of hydrazine groups is 2. The van der Waals surface area contributed by atoms with Crippen LogP contribution < -0.4 is 21.8 Å². The molecule has 0 aliphatic carbocycles. The van der Waals surface area contributed by atoms with E-state index in [1.165, 1.54) is 0 Å². The lowest BCUT2D eigenvalue weighted by Crippen LogP contribution is -2.37. The summed E-state index contributed by atoms with van der Waals surface area (Å²) in [6.45, 7) is 0. The fourth-order valence-electron chi connectivity index (χ4n) is 0.106. The Balaban J connectivity index is 2.45. The van der Waals surface area contributed by atoms with Gasteiger partial charge in [0, 0.05) is 7.05 Å². The fraction of sp³-hybridized carbons (Fsp3) is 1.00. The topological polar surface area (TPSA) is 57.4 Å². The Morgan fingerprint density at radius 2 is 2.14 bits per heavy atom. The van der Waals surface area contributed by atoms with Crippen LogP contribution in [0.25, 0.3) is 0 Å².